The molecule has 31 heavy (non-hydrogen) atoms. The van der Waals surface area contributed by atoms with Crippen molar-refractivity contribution in [3.05, 3.63) is 70.8 Å². The first-order chi connectivity index (χ1) is 14.2. The van der Waals surface area contributed by atoms with Crippen LogP contribution in [0, 0.1) is 0 Å². The van der Waals surface area contributed by atoms with Gasteiger partial charge in [0.1, 0.15) is 0 Å². The van der Waals surface area contributed by atoms with Gasteiger partial charge in [-0.15, -0.1) is 0 Å². The lowest BCUT2D eigenvalue weighted by Crippen LogP contribution is -2.14. The molecule has 0 heterocycles. The summed E-state index contributed by atoms with van der Waals surface area (Å²) >= 11 is 0. The Hall–Kier alpha value is -3.12. The van der Waals surface area contributed by atoms with E-state index in [-0.39, 0.29) is 11.1 Å². The van der Waals surface area contributed by atoms with Crippen molar-refractivity contribution in [1.82, 2.24) is 0 Å². The number of aliphatic hydroxyl groups is 2. The lowest BCUT2D eigenvalue weighted by molar-refractivity contribution is -0.150. The standard InChI is InChI=1S/C10H9F3O3.C9H7F3O3/c1-16-9(15)8(14)6-2-4-7(5-3-6)10(11,12)13;10-9(11,12)6-3-1-5(2-4-6)7(13)8(14)15/h2-5,8,14H,1H3;1-4,7,13H,(H,14,15)/t;7-/m.1/s1. The summed E-state index contributed by atoms with van der Waals surface area (Å²) < 4.78 is 77.1. The highest BCUT2D eigenvalue weighted by atomic mass is 19.4. The number of alkyl halides is 6. The Labute approximate surface area is 171 Å². The molecular weight excluding hydrogens is 438 g/mol. The Morgan fingerprint density at radius 2 is 1.06 bits per heavy atom. The molecule has 0 aliphatic carbocycles. The van der Waals surface area contributed by atoms with Gasteiger partial charge in [0.15, 0.2) is 12.2 Å². The smallest absolute Gasteiger partial charge is 0.416 e. The maximum Gasteiger partial charge on any atom is 0.416 e. The predicted molar refractivity (Wildman–Crippen MR) is 92.5 cm³/mol. The second-order valence-electron chi connectivity index (χ2n) is 5.91. The minimum atomic E-state index is -4.47. The number of hydrogen-bond acceptors (Lipinski definition) is 5. The summed E-state index contributed by atoms with van der Waals surface area (Å²) in [6, 6.07) is 6.96. The number of ether oxygens (including phenoxy) is 1. The molecule has 0 amide bonds. The highest BCUT2D eigenvalue weighted by Gasteiger charge is 2.31. The highest BCUT2D eigenvalue weighted by molar-refractivity contribution is 5.76. The zero-order valence-corrected chi connectivity index (χ0v) is 15.6. The summed E-state index contributed by atoms with van der Waals surface area (Å²) in [6.45, 7) is 0. The monoisotopic (exact) mass is 454 g/mol. The molecule has 2 aromatic rings. The van der Waals surface area contributed by atoms with Crippen molar-refractivity contribution < 1.29 is 56.0 Å². The van der Waals surface area contributed by atoms with Gasteiger partial charge >= 0.3 is 24.3 Å². The fourth-order valence-corrected chi connectivity index (χ4v) is 2.10. The van der Waals surface area contributed by atoms with Gasteiger partial charge < -0.3 is 20.1 Å². The number of hydrogen-bond donors (Lipinski definition) is 3. The van der Waals surface area contributed by atoms with Crippen molar-refractivity contribution in [2.75, 3.05) is 7.11 Å². The molecule has 0 saturated carbocycles. The van der Waals surface area contributed by atoms with E-state index in [0.717, 1.165) is 55.6 Å². The van der Waals surface area contributed by atoms with Gasteiger partial charge in [-0.05, 0) is 35.4 Å². The molecule has 170 valence electrons. The van der Waals surface area contributed by atoms with Crippen LogP contribution in [0.2, 0.25) is 0 Å². The third-order valence-corrected chi connectivity index (χ3v) is 3.77. The van der Waals surface area contributed by atoms with Gasteiger partial charge in [-0.3, -0.25) is 0 Å². The molecule has 0 saturated heterocycles. The van der Waals surface area contributed by atoms with Crippen LogP contribution in [-0.4, -0.2) is 34.4 Å². The first-order valence-electron chi connectivity index (χ1n) is 8.19. The Morgan fingerprint density at radius 1 is 0.742 bits per heavy atom. The number of carboxylic acids is 1. The molecule has 0 radical (unpaired) electrons. The number of aliphatic carboxylic acids is 1. The van der Waals surface area contributed by atoms with Crippen molar-refractivity contribution in [2.24, 2.45) is 0 Å². The molecule has 0 aromatic heterocycles. The summed E-state index contributed by atoms with van der Waals surface area (Å²) in [5, 5.41) is 26.7. The minimum Gasteiger partial charge on any atom is -0.479 e. The highest BCUT2D eigenvalue weighted by Crippen LogP contribution is 2.30. The van der Waals surface area contributed by atoms with Crippen LogP contribution in [0.15, 0.2) is 48.5 Å². The van der Waals surface area contributed by atoms with E-state index >= 15 is 0 Å². The third kappa shape index (κ3) is 7.57. The molecule has 6 nitrogen and oxygen atoms in total. The predicted octanol–water partition coefficient (Wildman–Crippen LogP) is 3.74. The van der Waals surface area contributed by atoms with Crippen LogP contribution in [0.25, 0.3) is 0 Å². The fourth-order valence-electron chi connectivity index (χ4n) is 2.10. The normalized spacial score (nSPS) is 13.5. The quantitative estimate of drug-likeness (QED) is 0.481. The molecule has 0 bridgehead atoms. The molecule has 12 heteroatoms. The van der Waals surface area contributed by atoms with E-state index in [1.807, 2.05) is 0 Å². The number of methoxy groups -OCH3 is 1. The average molecular weight is 454 g/mol. The van der Waals surface area contributed by atoms with E-state index in [9.17, 15) is 41.0 Å². The first-order valence-corrected chi connectivity index (χ1v) is 8.19. The number of esters is 1. The molecule has 0 spiro atoms. The van der Waals surface area contributed by atoms with Gasteiger partial charge in [0.2, 0.25) is 0 Å². The molecule has 2 rings (SSSR count). The first kappa shape index (κ1) is 25.9. The zero-order chi connectivity index (χ0) is 24.0. The maximum atomic E-state index is 12.2. The van der Waals surface area contributed by atoms with E-state index in [1.165, 1.54) is 0 Å². The summed E-state index contributed by atoms with van der Waals surface area (Å²) in [5.41, 5.74) is -1.76. The fraction of sp³-hybridized carbons (Fsp3) is 0.263. The Bertz CT molecular complexity index is 875. The van der Waals surface area contributed by atoms with E-state index in [0.29, 0.717) is 0 Å². The van der Waals surface area contributed by atoms with Crippen LogP contribution < -0.4 is 0 Å². The molecule has 0 fully saturated rings. The van der Waals surface area contributed by atoms with Crippen LogP contribution in [0.3, 0.4) is 0 Å². The number of carboxylic acid groups (broad SMARTS) is 1. The van der Waals surface area contributed by atoms with E-state index in [2.05, 4.69) is 4.74 Å². The molecule has 0 aliphatic heterocycles. The van der Waals surface area contributed by atoms with Crippen molar-refractivity contribution >= 4 is 11.9 Å². The lowest BCUT2D eigenvalue weighted by Gasteiger charge is -2.10. The van der Waals surface area contributed by atoms with E-state index in [4.69, 9.17) is 10.2 Å². The Morgan fingerprint density at radius 3 is 1.32 bits per heavy atom. The second-order valence-corrected chi connectivity index (χ2v) is 5.91. The topological polar surface area (TPSA) is 104 Å². The summed E-state index contributed by atoms with van der Waals surface area (Å²) in [7, 11) is 1.08. The zero-order valence-electron chi connectivity index (χ0n) is 15.6. The van der Waals surface area contributed by atoms with Gasteiger partial charge in [-0.1, -0.05) is 24.3 Å². The summed E-state index contributed by atoms with van der Waals surface area (Å²) in [4.78, 5) is 21.2. The molecule has 0 aliphatic rings. The van der Waals surface area contributed by atoms with Crippen molar-refractivity contribution in [1.29, 1.82) is 0 Å². The van der Waals surface area contributed by atoms with Gasteiger partial charge in [-0.2, -0.15) is 26.3 Å². The largest absolute Gasteiger partial charge is 0.479 e. The van der Waals surface area contributed by atoms with Crippen molar-refractivity contribution in [3.8, 4) is 0 Å². The summed E-state index contributed by atoms with van der Waals surface area (Å²) in [5.74, 6) is -2.42. The third-order valence-electron chi connectivity index (χ3n) is 3.77. The maximum absolute atomic E-state index is 12.2. The molecule has 2 atom stereocenters. The number of halogens is 6. The number of carbonyl (C=O) groups excluding carboxylic acids is 1. The van der Waals surface area contributed by atoms with Crippen LogP contribution in [0.1, 0.15) is 34.5 Å². The van der Waals surface area contributed by atoms with Crippen molar-refractivity contribution in [3.63, 3.8) is 0 Å². The molecule has 3 N–H and O–H groups in total. The van der Waals surface area contributed by atoms with E-state index < -0.39 is 47.6 Å². The Kier molecular flexibility index (Phi) is 8.58. The summed E-state index contributed by atoms with van der Waals surface area (Å²) in [6.07, 6.45) is -12.3. The van der Waals surface area contributed by atoms with Gasteiger partial charge in [0.05, 0.1) is 18.2 Å². The van der Waals surface area contributed by atoms with Gasteiger partial charge in [-0.25, -0.2) is 9.59 Å². The Balaban J connectivity index is 0.000000311. The minimum absolute atomic E-state index is 0.0554. The van der Waals surface area contributed by atoms with Crippen LogP contribution >= 0.6 is 0 Å². The lowest BCUT2D eigenvalue weighted by atomic mass is 10.1. The van der Waals surface area contributed by atoms with Gasteiger partial charge in [0.25, 0.3) is 0 Å². The molecular formula is C19H16F6O6. The van der Waals surface area contributed by atoms with Crippen LogP contribution in [-0.2, 0) is 26.7 Å². The SMILES string of the molecule is COC(=O)C(O)c1ccc(C(F)(F)F)cc1.O=C(O)[C@H](O)c1ccc(C(F)(F)F)cc1. The average Bonchev–Trinajstić information content (AvgIpc) is 2.71. The molecule has 1 unspecified atom stereocenters. The molecule has 2 aromatic carbocycles. The van der Waals surface area contributed by atoms with Gasteiger partial charge in [0, 0.05) is 0 Å². The van der Waals surface area contributed by atoms with Crippen molar-refractivity contribution in [2.45, 2.75) is 24.6 Å². The number of benzene rings is 2. The van der Waals surface area contributed by atoms with E-state index in [1.54, 1.807) is 0 Å². The number of rotatable bonds is 4. The second kappa shape index (κ2) is 10.3. The van der Waals surface area contributed by atoms with Crippen LogP contribution in [0.4, 0.5) is 26.3 Å². The van der Waals surface area contributed by atoms with Crippen LogP contribution in [0.5, 0.6) is 0 Å². The number of aliphatic hydroxyl groups excluding tert-OH is 2. The number of carbonyl (C=O) groups is 2.